The summed E-state index contributed by atoms with van der Waals surface area (Å²) in [4.78, 5) is 56.1. The first-order valence-electron chi connectivity index (χ1n) is 18.6. The fourth-order valence-electron chi connectivity index (χ4n) is 6.31. The Balaban J connectivity index is 1.35. The number of hydrogen-bond donors (Lipinski definition) is 3. The summed E-state index contributed by atoms with van der Waals surface area (Å²) in [5, 5.41) is 8.75. The third-order valence-electron chi connectivity index (χ3n) is 9.47. The molecule has 0 saturated heterocycles. The van der Waals surface area contributed by atoms with Crippen molar-refractivity contribution < 1.29 is 38.1 Å². The molecule has 55 heavy (non-hydrogen) atoms. The number of para-hydroxylation sites is 2. The molecule has 2 atom stereocenters. The lowest BCUT2D eigenvalue weighted by Gasteiger charge is -2.29. The summed E-state index contributed by atoms with van der Waals surface area (Å²) < 4.78 is 23.0. The van der Waals surface area contributed by atoms with Gasteiger partial charge in [0.05, 0.1) is 38.0 Å². The maximum atomic E-state index is 13.9. The molecule has 0 aromatic heterocycles. The van der Waals surface area contributed by atoms with E-state index in [2.05, 4.69) is 16.0 Å². The van der Waals surface area contributed by atoms with Gasteiger partial charge in [0, 0.05) is 26.6 Å². The van der Waals surface area contributed by atoms with Crippen molar-refractivity contribution in [2.45, 2.75) is 50.6 Å². The van der Waals surface area contributed by atoms with Gasteiger partial charge in [-0.2, -0.15) is 0 Å². The van der Waals surface area contributed by atoms with Gasteiger partial charge in [-0.3, -0.25) is 19.2 Å². The van der Waals surface area contributed by atoms with Crippen LogP contribution >= 0.6 is 0 Å². The number of amides is 4. The van der Waals surface area contributed by atoms with Gasteiger partial charge in [0.2, 0.25) is 11.8 Å². The summed E-state index contributed by atoms with van der Waals surface area (Å²) >= 11 is 0. The molecule has 0 unspecified atom stereocenters. The first-order valence-corrected chi connectivity index (χ1v) is 18.6. The number of aryl methyl sites for hydroxylation is 1. The number of nitrogens with zero attached hydrogens (tertiary/aromatic N) is 1. The number of fused-ring (bicyclic) bond motifs is 2. The Morgan fingerprint density at radius 1 is 0.818 bits per heavy atom. The zero-order chi connectivity index (χ0) is 39.0. The summed E-state index contributed by atoms with van der Waals surface area (Å²) in [6.07, 6.45) is 2.31. The second-order valence-electron chi connectivity index (χ2n) is 13.3. The average molecular weight is 751 g/mol. The first-order chi connectivity index (χ1) is 26.8. The minimum Gasteiger partial charge on any atom is -0.493 e. The molecular weight excluding hydrogens is 700 g/mol. The molecule has 290 valence electrons. The zero-order valence-electron chi connectivity index (χ0n) is 31.7. The maximum Gasteiger partial charge on any atom is 0.255 e. The lowest BCUT2D eigenvalue weighted by atomic mass is 10.0. The minimum atomic E-state index is -1.00. The number of hydrogen-bond acceptors (Lipinski definition) is 8. The molecule has 3 N–H and O–H groups in total. The molecule has 12 nitrogen and oxygen atoms in total. The van der Waals surface area contributed by atoms with Crippen molar-refractivity contribution in [2.75, 3.05) is 47.6 Å². The largest absolute Gasteiger partial charge is 0.493 e. The molecule has 0 aliphatic carbocycles. The van der Waals surface area contributed by atoms with Crippen molar-refractivity contribution in [3.8, 4) is 23.0 Å². The summed E-state index contributed by atoms with van der Waals surface area (Å²) in [7, 11) is 4.87. The van der Waals surface area contributed by atoms with Crippen molar-refractivity contribution in [1.82, 2.24) is 20.9 Å². The SMILES string of the molecule is COc1ccc(CCCNC(=O)[C@@H]2CCC(=O)N(C)[C@@H](Cc3ccccc3)COc3ccccc3C(=O)NCCCOc3ccccc3C(=O)N2)cc1OC. The highest BCUT2D eigenvalue weighted by Gasteiger charge is 2.27. The molecular formula is C43H50N4O8. The standard InChI is InChI=1S/C43H50N4O8/c1-47-32(27-30-13-5-4-6-14-30)29-55-37-19-10-7-16-33(37)41(49)44-25-12-26-54-36-18-9-8-17-34(36)42(50)46-35(21-23-40(47)48)43(51)45-24-11-15-31-20-22-38(52-2)39(28-31)53-3/h4-10,13-14,16-20,22,28,32,35H,11-12,15,21,23-27,29H2,1-3H3,(H,44,49)(H,45,51)(H,46,50)/t32-,35-/m0/s1. The number of likely N-dealkylation sites (N-methyl/N-ethyl adjacent to an activating group) is 1. The summed E-state index contributed by atoms with van der Waals surface area (Å²) in [5.74, 6) is 0.593. The third-order valence-corrected chi connectivity index (χ3v) is 9.47. The smallest absolute Gasteiger partial charge is 0.255 e. The van der Waals surface area contributed by atoms with Crippen LogP contribution in [0, 0.1) is 0 Å². The molecule has 4 amide bonds. The molecule has 4 aromatic rings. The van der Waals surface area contributed by atoms with Crippen LogP contribution in [0.15, 0.2) is 97.1 Å². The number of rotatable bonds is 9. The van der Waals surface area contributed by atoms with Gasteiger partial charge in [0.25, 0.3) is 11.8 Å². The summed E-state index contributed by atoms with van der Waals surface area (Å²) in [6, 6.07) is 27.9. The topological polar surface area (TPSA) is 145 Å². The van der Waals surface area contributed by atoms with Crippen LogP contribution in [-0.2, 0) is 22.4 Å². The molecule has 5 rings (SSSR count). The van der Waals surface area contributed by atoms with E-state index in [4.69, 9.17) is 18.9 Å². The van der Waals surface area contributed by atoms with Gasteiger partial charge >= 0.3 is 0 Å². The molecule has 0 saturated carbocycles. The second-order valence-corrected chi connectivity index (χ2v) is 13.3. The maximum absolute atomic E-state index is 13.9. The lowest BCUT2D eigenvalue weighted by molar-refractivity contribution is -0.133. The number of methoxy groups -OCH3 is 2. The highest BCUT2D eigenvalue weighted by molar-refractivity contribution is 6.00. The van der Waals surface area contributed by atoms with Gasteiger partial charge in [0.15, 0.2) is 11.5 Å². The number of carbonyl (C=O) groups excluding carboxylic acids is 4. The Bertz CT molecular complexity index is 1900. The highest BCUT2D eigenvalue weighted by Crippen LogP contribution is 2.28. The molecule has 12 heteroatoms. The van der Waals surface area contributed by atoms with Crippen LogP contribution in [0.5, 0.6) is 23.0 Å². The van der Waals surface area contributed by atoms with E-state index in [1.165, 1.54) is 0 Å². The number of benzene rings is 4. The van der Waals surface area contributed by atoms with E-state index >= 15 is 0 Å². The predicted octanol–water partition coefficient (Wildman–Crippen LogP) is 4.99. The van der Waals surface area contributed by atoms with Crippen molar-refractivity contribution in [3.63, 3.8) is 0 Å². The minimum absolute atomic E-state index is 0.0249. The van der Waals surface area contributed by atoms with Crippen molar-refractivity contribution in [1.29, 1.82) is 0 Å². The van der Waals surface area contributed by atoms with Crippen molar-refractivity contribution >= 4 is 23.6 Å². The molecule has 0 spiro atoms. The Labute approximate surface area is 322 Å². The van der Waals surface area contributed by atoms with Crippen LogP contribution < -0.4 is 34.9 Å². The van der Waals surface area contributed by atoms with Crippen LogP contribution in [-0.4, -0.2) is 88.2 Å². The van der Waals surface area contributed by atoms with Gasteiger partial charge in [-0.15, -0.1) is 0 Å². The molecule has 1 aliphatic heterocycles. The van der Waals surface area contributed by atoms with Crippen LogP contribution in [0.4, 0.5) is 0 Å². The van der Waals surface area contributed by atoms with E-state index in [0.29, 0.717) is 67.3 Å². The van der Waals surface area contributed by atoms with E-state index in [1.807, 2.05) is 48.5 Å². The Morgan fingerprint density at radius 3 is 2.22 bits per heavy atom. The van der Waals surface area contributed by atoms with Gasteiger partial charge in [0.1, 0.15) is 24.1 Å². The molecule has 1 heterocycles. The Morgan fingerprint density at radius 2 is 1.49 bits per heavy atom. The van der Waals surface area contributed by atoms with Crippen LogP contribution in [0.25, 0.3) is 0 Å². The molecule has 0 radical (unpaired) electrons. The Hall–Kier alpha value is -6.04. The van der Waals surface area contributed by atoms with Crippen LogP contribution in [0.1, 0.15) is 57.5 Å². The van der Waals surface area contributed by atoms with E-state index in [0.717, 1.165) is 11.1 Å². The van der Waals surface area contributed by atoms with E-state index in [1.54, 1.807) is 74.7 Å². The first kappa shape index (κ1) is 40.2. The normalized spacial score (nSPS) is 17.2. The molecule has 0 fully saturated rings. The quantitative estimate of drug-likeness (QED) is 0.203. The molecule has 4 aromatic carbocycles. The Kier molecular flexibility index (Phi) is 14.9. The van der Waals surface area contributed by atoms with Crippen molar-refractivity contribution in [3.05, 3.63) is 119 Å². The fourth-order valence-corrected chi connectivity index (χ4v) is 6.31. The summed E-state index contributed by atoms with van der Waals surface area (Å²) in [5.41, 5.74) is 2.66. The number of carbonyl (C=O) groups is 4. The van der Waals surface area contributed by atoms with Crippen LogP contribution in [0.3, 0.4) is 0 Å². The monoisotopic (exact) mass is 750 g/mol. The molecule has 0 bridgehead atoms. The predicted molar refractivity (Wildman–Crippen MR) is 209 cm³/mol. The van der Waals surface area contributed by atoms with Gasteiger partial charge in [-0.05, 0) is 79.6 Å². The zero-order valence-corrected chi connectivity index (χ0v) is 31.7. The summed E-state index contributed by atoms with van der Waals surface area (Å²) in [6.45, 7) is 1.02. The lowest BCUT2D eigenvalue weighted by Crippen LogP contribution is -2.48. The van der Waals surface area contributed by atoms with Gasteiger partial charge in [-0.25, -0.2) is 0 Å². The molecule has 1 aliphatic rings. The van der Waals surface area contributed by atoms with E-state index in [9.17, 15) is 19.2 Å². The second kappa shape index (κ2) is 20.4. The highest BCUT2D eigenvalue weighted by atomic mass is 16.5. The number of nitrogens with one attached hydrogen (secondary N) is 3. The van der Waals surface area contributed by atoms with Gasteiger partial charge in [-0.1, -0.05) is 60.7 Å². The van der Waals surface area contributed by atoms with Crippen LogP contribution in [0.2, 0.25) is 0 Å². The average Bonchev–Trinajstić information content (AvgIpc) is 3.21. The van der Waals surface area contributed by atoms with Gasteiger partial charge < -0.3 is 39.8 Å². The number of ether oxygens (including phenoxy) is 4. The fraction of sp³-hybridized carbons (Fsp3) is 0.349. The van der Waals surface area contributed by atoms with Crippen molar-refractivity contribution in [2.24, 2.45) is 0 Å². The van der Waals surface area contributed by atoms with E-state index < -0.39 is 23.9 Å². The third kappa shape index (κ3) is 11.5. The van der Waals surface area contributed by atoms with E-state index in [-0.39, 0.29) is 43.4 Å².